The van der Waals surface area contributed by atoms with Crippen LogP contribution in [0.25, 0.3) is 0 Å². The minimum atomic E-state index is -3.03. The summed E-state index contributed by atoms with van der Waals surface area (Å²) in [7, 11) is 0. The summed E-state index contributed by atoms with van der Waals surface area (Å²) in [5.74, 6) is -0.774. The third kappa shape index (κ3) is 3.90. The van der Waals surface area contributed by atoms with Crippen LogP contribution in [0.1, 0.15) is 23.6 Å². The van der Waals surface area contributed by atoms with E-state index in [1.807, 2.05) is 6.07 Å². The SMILES string of the molecule is CCOC(=O)Cc1c(OC(F)F)ccc(C#N)c1CN. The Bertz CT molecular complexity index is 527. The Labute approximate surface area is 114 Å². The highest BCUT2D eigenvalue weighted by molar-refractivity contribution is 5.75. The number of ether oxygens (including phenoxy) is 2. The van der Waals surface area contributed by atoms with Crippen LogP contribution in [0.15, 0.2) is 12.1 Å². The van der Waals surface area contributed by atoms with Gasteiger partial charge in [-0.25, -0.2) is 0 Å². The summed E-state index contributed by atoms with van der Waals surface area (Å²) < 4.78 is 33.9. The molecule has 1 rings (SSSR count). The Balaban J connectivity index is 3.25. The van der Waals surface area contributed by atoms with Crippen molar-refractivity contribution in [3.63, 3.8) is 0 Å². The first-order valence-electron chi connectivity index (χ1n) is 5.88. The topological polar surface area (TPSA) is 85.3 Å². The van der Waals surface area contributed by atoms with Gasteiger partial charge in [-0.3, -0.25) is 4.79 Å². The van der Waals surface area contributed by atoms with Gasteiger partial charge < -0.3 is 15.2 Å². The lowest BCUT2D eigenvalue weighted by atomic mass is 9.98. The molecule has 0 amide bonds. The number of hydrogen-bond donors (Lipinski definition) is 1. The van der Waals surface area contributed by atoms with Crippen LogP contribution in [0.2, 0.25) is 0 Å². The van der Waals surface area contributed by atoms with Crippen molar-refractivity contribution in [2.75, 3.05) is 6.61 Å². The third-order valence-corrected chi connectivity index (χ3v) is 2.56. The van der Waals surface area contributed by atoms with E-state index >= 15 is 0 Å². The van der Waals surface area contributed by atoms with Crippen molar-refractivity contribution < 1.29 is 23.0 Å². The zero-order valence-corrected chi connectivity index (χ0v) is 10.9. The molecule has 0 saturated heterocycles. The van der Waals surface area contributed by atoms with Gasteiger partial charge in [-0.1, -0.05) is 0 Å². The quantitative estimate of drug-likeness (QED) is 0.804. The fourth-order valence-electron chi connectivity index (χ4n) is 1.77. The molecule has 20 heavy (non-hydrogen) atoms. The predicted molar refractivity (Wildman–Crippen MR) is 66.0 cm³/mol. The van der Waals surface area contributed by atoms with Gasteiger partial charge in [-0.05, 0) is 24.6 Å². The van der Waals surface area contributed by atoms with Crippen LogP contribution in [-0.4, -0.2) is 19.2 Å². The lowest BCUT2D eigenvalue weighted by Crippen LogP contribution is -2.15. The number of halogens is 2. The molecule has 1 aromatic carbocycles. The van der Waals surface area contributed by atoms with E-state index in [0.29, 0.717) is 5.56 Å². The van der Waals surface area contributed by atoms with E-state index in [2.05, 4.69) is 4.74 Å². The summed E-state index contributed by atoms with van der Waals surface area (Å²) in [6, 6.07) is 4.45. The van der Waals surface area contributed by atoms with E-state index in [-0.39, 0.29) is 36.4 Å². The number of carbonyl (C=O) groups excluding carboxylic acids is 1. The van der Waals surface area contributed by atoms with E-state index in [1.54, 1.807) is 6.92 Å². The van der Waals surface area contributed by atoms with Crippen molar-refractivity contribution >= 4 is 5.97 Å². The molecule has 0 heterocycles. The van der Waals surface area contributed by atoms with Crippen LogP contribution < -0.4 is 10.5 Å². The smallest absolute Gasteiger partial charge is 0.387 e. The number of alkyl halides is 2. The molecular formula is C13H14F2N2O3. The van der Waals surface area contributed by atoms with Crippen LogP contribution in [0, 0.1) is 11.3 Å². The van der Waals surface area contributed by atoms with Gasteiger partial charge in [-0.2, -0.15) is 14.0 Å². The summed E-state index contributed by atoms with van der Waals surface area (Å²) in [6.07, 6.45) is -0.280. The maximum absolute atomic E-state index is 12.4. The Morgan fingerprint density at radius 3 is 2.65 bits per heavy atom. The highest BCUT2D eigenvalue weighted by Gasteiger charge is 2.19. The number of benzene rings is 1. The molecule has 0 aliphatic heterocycles. The number of nitriles is 1. The molecule has 2 N–H and O–H groups in total. The molecule has 0 spiro atoms. The van der Waals surface area contributed by atoms with Gasteiger partial charge in [-0.15, -0.1) is 0 Å². The van der Waals surface area contributed by atoms with Gasteiger partial charge >= 0.3 is 12.6 Å². The van der Waals surface area contributed by atoms with Crippen molar-refractivity contribution in [1.29, 1.82) is 5.26 Å². The predicted octanol–water partition coefficient (Wildman–Crippen LogP) is 1.72. The summed E-state index contributed by atoms with van der Waals surface area (Å²) in [4.78, 5) is 11.5. The minimum Gasteiger partial charge on any atom is -0.466 e. The van der Waals surface area contributed by atoms with Crippen LogP contribution in [-0.2, 0) is 22.5 Å². The van der Waals surface area contributed by atoms with Gasteiger partial charge in [0.25, 0.3) is 0 Å². The summed E-state index contributed by atoms with van der Waals surface area (Å²) >= 11 is 0. The molecule has 108 valence electrons. The average Bonchev–Trinajstić information content (AvgIpc) is 2.40. The zero-order valence-electron chi connectivity index (χ0n) is 10.9. The number of hydrogen-bond acceptors (Lipinski definition) is 5. The molecule has 0 unspecified atom stereocenters. The average molecular weight is 284 g/mol. The molecule has 0 aliphatic rings. The van der Waals surface area contributed by atoms with Gasteiger partial charge in [0, 0.05) is 12.1 Å². The fourth-order valence-corrected chi connectivity index (χ4v) is 1.77. The highest BCUT2D eigenvalue weighted by Crippen LogP contribution is 2.27. The molecule has 0 atom stereocenters. The Morgan fingerprint density at radius 1 is 1.45 bits per heavy atom. The molecular weight excluding hydrogens is 270 g/mol. The van der Waals surface area contributed by atoms with E-state index in [1.165, 1.54) is 12.1 Å². The molecule has 0 aromatic heterocycles. The second-order valence-electron chi connectivity index (χ2n) is 3.74. The van der Waals surface area contributed by atoms with Gasteiger partial charge in [0.1, 0.15) is 5.75 Å². The number of esters is 1. The zero-order chi connectivity index (χ0) is 15.1. The van der Waals surface area contributed by atoms with Gasteiger partial charge in [0.2, 0.25) is 0 Å². The third-order valence-electron chi connectivity index (χ3n) is 2.56. The maximum atomic E-state index is 12.4. The highest BCUT2D eigenvalue weighted by atomic mass is 19.3. The second-order valence-corrected chi connectivity index (χ2v) is 3.74. The largest absolute Gasteiger partial charge is 0.466 e. The molecule has 0 aliphatic carbocycles. The van der Waals surface area contributed by atoms with Crippen molar-refractivity contribution in [1.82, 2.24) is 0 Å². The lowest BCUT2D eigenvalue weighted by molar-refractivity contribution is -0.142. The van der Waals surface area contributed by atoms with Crippen LogP contribution in [0.4, 0.5) is 8.78 Å². The van der Waals surface area contributed by atoms with Crippen LogP contribution >= 0.6 is 0 Å². The minimum absolute atomic E-state index is 0.0714. The van der Waals surface area contributed by atoms with Crippen molar-refractivity contribution in [2.45, 2.75) is 26.5 Å². The van der Waals surface area contributed by atoms with Crippen molar-refractivity contribution in [2.24, 2.45) is 5.73 Å². The molecule has 0 saturated carbocycles. The lowest BCUT2D eigenvalue weighted by Gasteiger charge is -2.15. The van der Waals surface area contributed by atoms with Crippen LogP contribution in [0.5, 0.6) is 5.75 Å². The molecule has 0 radical (unpaired) electrons. The second kappa shape index (κ2) is 7.40. The number of nitrogens with two attached hydrogens (primary N) is 1. The normalized spacial score (nSPS) is 10.2. The Kier molecular flexibility index (Phi) is 5.87. The van der Waals surface area contributed by atoms with Crippen molar-refractivity contribution in [3.05, 3.63) is 28.8 Å². The molecule has 1 aromatic rings. The first kappa shape index (κ1) is 15.9. The molecule has 5 nitrogen and oxygen atoms in total. The van der Waals surface area contributed by atoms with Crippen LogP contribution in [0.3, 0.4) is 0 Å². The number of nitrogens with zero attached hydrogens (tertiary/aromatic N) is 1. The fraction of sp³-hybridized carbons (Fsp3) is 0.385. The van der Waals surface area contributed by atoms with E-state index in [4.69, 9.17) is 15.7 Å². The van der Waals surface area contributed by atoms with Gasteiger partial charge in [0.15, 0.2) is 0 Å². The Hall–Kier alpha value is -2.20. The number of carbonyl (C=O) groups is 1. The maximum Gasteiger partial charge on any atom is 0.387 e. The first-order chi connectivity index (χ1) is 9.53. The van der Waals surface area contributed by atoms with Crippen molar-refractivity contribution in [3.8, 4) is 11.8 Å². The monoisotopic (exact) mass is 284 g/mol. The summed E-state index contributed by atoms with van der Waals surface area (Å²) in [5.41, 5.74) is 6.21. The Morgan fingerprint density at radius 2 is 2.15 bits per heavy atom. The van der Waals surface area contributed by atoms with E-state index < -0.39 is 12.6 Å². The molecule has 0 fully saturated rings. The molecule has 7 heteroatoms. The van der Waals surface area contributed by atoms with E-state index in [9.17, 15) is 13.6 Å². The number of rotatable bonds is 6. The standard InChI is InChI=1S/C13H14F2N2O3/c1-2-19-12(18)5-9-10(7-17)8(6-16)3-4-11(9)20-13(14)15/h3-4,13H,2,5,7,17H2,1H3. The summed E-state index contributed by atoms with van der Waals surface area (Å²) in [5, 5.41) is 8.97. The van der Waals surface area contributed by atoms with E-state index in [0.717, 1.165) is 0 Å². The van der Waals surface area contributed by atoms with Gasteiger partial charge in [0.05, 0.1) is 24.7 Å². The first-order valence-corrected chi connectivity index (χ1v) is 5.88. The summed E-state index contributed by atoms with van der Waals surface area (Å²) in [6.45, 7) is -1.31. The molecule has 0 bridgehead atoms.